The van der Waals surface area contributed by atoms with Gasteiger partial charge in [0, 0.05) is 24.9 Å². The number of ether oxygens (including phenoxy) is 1. The number of methoxy groups -OCH3 is 1. The summed E-state index contributed by atoms with van der Waals surface area (Å²) in [4.78, 5) is 14.9. The third-order valence-corrected chi connectivity index (χ3v) is 5.34. The fraction of sp³-hybridized carbons (Fsp3) is 0.667. The molecule has 134 valence electrons. The second-order valence-electron chi connectivity index (χ2n) is 7.00. The van der Waals surface area contributed by atoms with E-state index in [2.05, 4.69) is 30.9 Å². The van der Waals surface area contributed by atoms with Gasteiger partial charge in [0.05, 0.1) is 7.11 Å². The molecule has 2 unspecified atom stereocenters. The molecule has 1 aliphatic rings. The number of nitrogens with zero attached hydrogens (tertiary/aromatic N) is 1. The highest BCUT2D eigenvalue weighted by Crippen LogP contribution is 2.30. The van der Waals surface area contributed by atoms with E-state index in [1.165, 1.54) is 31.2 Å². The zero-order valence-electron chi connectivity index (χ0n) is 15.6. The van der Waals surface area contributed by atoms with Crippen molar-refractivity contribution in [2.45, 2.75) is 64.7 Å². The van der Waals surface area contributed by atoms with Crippen molar-refractivity contribution in [1.29, 1.82) is 0 Å². The molecule has 1 saturated heterocycles. The summed E-state index contributed by atoms with van der Waals surface area (Å²) in [7, 11) is 1.69. The second kappa shape index (κ2) is 9.71. The van der Waals surface area contributed by atoms with Crippen molar-refractivity contribution in [3.63, 3.8) is 0 Å². The first-order chi connectivity index (χ1) is 11.7. The highest BCUT2D eigenvalue weighted by Gasteiger charge is 2.30. The summed E-state index contributed by atoms with van der Waals surface area (Å²) in [6.45, 7) is 6.16. The third kappa shape index (κ3) is 4.99. The van der Waals surface area contributed by atoms with E-state index in [4.69, 9.17) is 4.74 Å². The first kappa shape index (κ1) is 18.8. The lowest BCUT2D eigenvalue weighted by Gasteiger charge is -2.23. The van der Waals surface area contributed by atoms with Crippen LogP contribution in [-0.2, 0) is 4.79 Å². The molecule has 1 fully saturated rings. The fourth-order valence-electron chi connectivity index (χ4n) is 3.69. The molecule has 0 aromatic heterocycles. The monoisotopic (exact) mass is 331 g/mol. The van der Waals surface area contributed by atoms with Crippen LogP contribution in [0.15, 0.2) is 24.3 Å². The minimum atomic E-state index is 0.219. The lowest BCUT2D eigenvalue weighted by molar-refractivity contribution is -0.134. The predicted octanol–water partition coefficient (Wildman–Crippen LogP) is 5.01. The second-order valence-corrected chi connectivity index (χ2v) is 7.00. The highest BCUT2D eigenvalue weighted by atomic mass is 16.5. The maximum absolute atomic E-state index is 12.8. The maximum Gasteiger partial charge on any atom is 0.225 e. The number of amides is 1. The Balaban J connectivity index is 1.86. The Kier molecular flexibility index (Phi) is 7.61. The Morgan fingerprint density at radius 1 is 1.21 bits per heavy atom. The van der Waals surface area contributed by atoms with E-state index in [1.807, 2.05) is 12.1 Å². The van der Waals surface area contributed by atoms with Crippen LogP contribution in [0.5, 0.6) is 5.75 Å². The van der Waals surface area contributed by atoms with Crippen molar-refractivity contribution >= 4 is 5.91 Å². The molecule has 1 aliphatic heterocycles. The van der Waals surface area contributed by atoms with Gasteiger partial charge in [0.15, 0.2) is 0 Å². The van der Waals surface area contributed by atoms with Gasteiger partial charge in [-0.25, -0.2) is 0 Å². The van der Waals surface area contributed by atoms with Crippen molar-refractivity contribution in [3.8, 4) is 5.75 Å². The Hall–Kier alpha value is -1.51. The van der Waals surface area contributed by atoms with Crippen LogP contribution in [0.1, 0.15) is 70.3 Å². The van der Waals surface area contributed by atoms with Gasteiger partial charge >= 0.3 is 0 Å². The van der Waals surface area contributed by atoms with Gasteiger partial charge in [-0.2, -0.15) is 0 Å². The molecule has 1 heterocycles. The largest absolute Gasteiger partial charge is 0.497 e. The molecule has 2 atom stereocenters. The van der Waals surface area contributed by atoms with E-state index in [-0.39, 0.29) is 5.92 Å². The lowest BCUT2D eigenvalue weighted by atomic mass is 9.96. The molecule has 0 N–H and O–H groups in total. The van der Waals surface area contributed by atoms with Crippen LogP contribution in [0.3, 0.4) is 0 Å². The molecular weight excluding hydrogens is 298 g/mol. The minimum absolute atomic E-state index is 0.219. The van der Waals surface area contributed by atoms with Gasteiger partial charge < -0.3 is 9.64 Å². The Morgan fingerprint density at radius 3 is 2.58 bits per heavy atom. The van der Waals surface area contributed by atoms with E-state index in [0.717, 1.165) is 38.1 Å². The van der Waals surface area contributed by atoms with Crippen molar-refractivity contribution in [2.24, 2.45) is 5.92 Å². The number of carbonyl (C=O) groups excluding carboxylic acids is 1. The summed E-state index contributed by atoms with van der Waals surface area (Å²) in [6, 6.07) is 8.31. The minimum Gasteiger partial charge on any atom is -0.497 e. The zero-order chi connectivity index (χ0) is 17.4. The lowest BCUT2D eigenvalue weighted by Crippen LogP contribution is -2.34. The average molecular weight is 332 g/mol. The van der Waals surface area contributed by atoms with E-state index in [9.17, 15) is 4.79 Å². The summed E-state index contributed by atoms with van der Waals surface area (Å²) >= 11 is 0. The number of unbranched alkanes of at least 4 members (excludes halogenated alkanes) is 3. The van der Waals surface area contributed by atoms with Gasteiger partial charge in [-0.3, -0.25) is 4.79 Å². The Morgan fingerprint density at radius 2 is 1.96 bits per heavy atom. The molecule has 1 amide bonds. The van der Waals surface area contributed by atoms with Crippen LogP contribution >= 0.6 is 0 Å². The van der Waals surface area contributed by atoms with Crippen LogP contribution in [0, 0.1) is 5.92 Å². The normalized spacial score (nSPS) is 18.6. The first-order valence-electron chi connectivity index (χ1n) is 9.62. The Bertz CT molecular complexity index is 497. The van der Waals surface area contributed by atoms with Crippen molar-refractivity contribution < 1.29 is 9.53 Å². The van der Waals surface area contributed by atoms with Crippen LogP contribution in [0.25, 0.3) is 0 Å². The van der Waals surface area contributed by atoms with Gasteiger partial charge in [-0.15, -0.1) is 0 Å². The van der Waals surface area contributed by atoms with Gasteiger partial charge in [-0.05, 0) is 37.0 Å². The smallest absolute Gasteiger partial charge is 0.225 e. The maximum atomic E-state index is 12.8. The number of carbonyl (C=O) groups is 1. The number of benzene rings is 1. The quantitative estimate of drug-likeness (QED) is 0.595. The SMILES string of the molecule is CCCCCCC(CC)C(=O)N1CCC(c2ccc(OC)cc2)C1. The van der Waals surface area contributed by atoms with Crippen molar-refractivity contribution in [2.75, 3.05) is 20.2 Å². The van der Waals surface area contributed by atoms with Crippen LogP contribution in [0.2, 0.25) is 0 Å². The summed E-state index contributed by atoms with van der Waals surface area (Å²) in [5.74, 6) is 1.96. The first-order valence-corrected chi connectivity index (χ1v) is 9.62. The summed E-state index contributed by atoms with van der Waals surface area (Å²) < 4.78 is 5.23. The molecule has 0 saturated carbocycles. The van der Waals surface area contributed by atoms with Crippen LogP contribution < -0.4 is 4.74 Å². The van der Waals surface area contributed by atoms with Gasteiger partial charge in [0.2, 0.25) is 5.91 Å². The van der Waals surface area contributed by atoms with Gasteiger partial charge in [0.25, 0.3) is 0 Å². The molecule has 1 aromatic rings. The topological polar surface area (TPSA) is 29.5 Å². The molecule has 3 nitrogen and oxygen atoms in total. The molecule has 24 heavy (non-hydrogen) atoms. The van der Waals surface area contributed by atoms with E-state index >= 15 is 0 Å². The number of hydrogen-bond acceptors (Lipinski definition) is 2. The molecule has 1 aromatic carbocycles. The average Bonchev–Trinajstić information content (AvgIpc) is 3.11. The summed E-state index contributed by atoms with van der Waals surface area (Å²) in [5.41, 5.74) is 1.32. The third-order valence-electron chi connectivity index (χ3n) is 5.34. The van der Waals surface area contributed by atoms with Gasteiger partial charge in [0.1, 0.15) is 5.75 Å². The van der Waals surface area contributed by atoms with E-state index in [1.54, 1.807) is 7.11 Å². The fourth-order valence-corrected chi connectivity index (χ4v) is 3.69. The highest BCUT2D eigenvalue weighted by molar-refractivity contribution is 5.79. The van der Waals surface area contributed by atoms with E-state index in [0.29, 0.717) is 11.8 Å². The van der Waals surface area contributed by atoms with Crippen molar-refractivity contribution in [1.82, 2.24) is 4.90 Å². The van der Waals surface area contributed by atoms with Crippen LogP contribution in [0.4, 0.5) is 0 Å². The zero-order valence-corrected chi connectivity index (χ0v) is 15.6. The number of likely N-dealkylation sites (tertiary alicyclic amines) is 1. The van der Waals surface area contributed by atoms with Crippen LogP contribution in [-0.4, -0.2) is 31.0 Å². The molecule has 0 radical (unpaired) electrons. The number of rotatable bonds is 9. The van der Waals surface area contributed by atoms with Gasteiger partial charge in [-0.1, -0.05) is 51.7 Å². The predicted molar refractivity (Wildman–Crippen MR) is 99.5 cm³/mol. The standard InChI is InChI=1S/C21H33NO2/c1-4-6-7-8-9-17(5-2)21(23)22-15-14-19(16-22)18-10-12-20(24-3)13-11-18/h10-13,17,19H,4-9,14-16H2,1-3H3. The summed E-state index contributed by atoms with van der Waals surface area (Å²) in [5, 5.41) is 0. The molecule has 3 heteroatoms. The van der Waals surface area contributed by atoms with Crippen molar-refractivity contribution in [3.05, 3.63) is 29.8 Å². The number of hydrogen-bond donors (Lipinski definition) is 0. The molecular formula is C21H33NO2. The molecule has 0 bridgehead atoms. The van der Waals surface area contributed by atoms with E-state index < -0.39 is 0 Å². The molecule has 2 rings (SSSR count). The molecule has 0 aliphatic carbocycles. The molecule has 0 spiro atoms. The summed E-state index contributed by atoms with van der Waals surface area (Å²) in [6.07, 6.45) is 8.08. The Labute approximate surface area is 147 Å².